The lowest BCUT2D eigenvalue weighted by Crippen LogP contribution is -1.94. The second-order valence-electron chi connectivity index (χ2n) is 4.18. The monoisotopic (exact) mass is 265 g/mol. The van der Waals surface area contributed by atoms with Crippen molar-refractivity contribution in [1.29, 1.82) is 5.26 Å². The summed E-state index contributed by atoms with van der Waals surface area (Å²) in [6.45, 7) is 0.552. The third kappa shape index (κ3) is 2.44. The van der Waals surface area contributed by atoms with Crippen LogP contribution in [-0.2, 0) is 6.61 Å². The average molecular weight is 265 g/mol. The lowest BCUT2D eigenvalue weighted by Gasteiger charge is -2.05. The van der Waals surface area contributed by atoms with Crippen molar-refractivity contribution in [1.82, 2.24) is 0 Å². The van der Waals surface area contributed by atoms with Crippen LogP contribution < -0.4 is 4.74 Å². The van der Waals surface area contributed by atoms with E-state index in [1.54, 1.807) is 23.5 Å². The van der Waals surface area contributed by atoms with Crippen molar-refractivity contribution >= 4 is 21.4 Å². The number of hydrogen-bond acceptors (Lipinski definition) is 3. The van der Waals surface area contributed by atoms with Gasteiger partial charge in [0.1, 0.15) is 12.4 Å². The molecule has 0 saturated heterocycles. The molecule has 0 radical (unpaired) electrons. The van der Waals surface area contributed by atoms with Crippen molar-refractivity contribution in [2.24, 2.45) is 0 Å². The number of nitrogens with zero attached hydrogens (tertiary/aromatic N) is 1. The molecule has 3 heteroatoms. The highest BCUT2D eigenvalue weighted by molar-refractivity contribution is 7.17. The van der Waals surface area contributed by atoms with E-state index in [2.05, 4.69) is 23.6 Å². The molecule has 3 aromatic rings. The van der Waals surface area contributed by atoms with Crippen LogP contribution >= 0.6 is 11.3 Å². The van der Waals surface area contributed by atoms with Gasteiger partial charge in [-0.25, -0.2) is 0 Å². The van der Waals surface area contributed by atoms with Gasteiger partial charge in [0.15, 0.2) is 0 Å². The zero-order valence-corrected chi connectivity index (χ0v) is 11.0. The summed E-state index contributed by atoms with van der Waals surface area (Å²) in [6.07, 6.45) is 0. The van der Waals surface area contributed by atoms with Crippen molar-refractivity contribution in [3.63, 3.8) is 0 Å². The molecular weight excluding hydrogens is 254 g/mol. The maximum absolute atomic E-state index is 8.74. The Balaban J connectivity index is 1.77. The molecule has 0 N–H and O–H groups in total. The molecule has 1 aromatic heterocycles. The summed E-state index contributed by atoms with van der Waals surface area (Å²) in [7, 11) is 0. The van der Waals surface area contributed by atoms with Crippen LogP contribution in [0.2, 0.25) is 0 Å². The zero-order valence-electron chi connectivity index (χ0n) is 10.2. The Bertz CT molecular complexity index is 737. The first-order valence-electron chi connectivity index (χ1n) is 5.95. The van der Waals surface area contributed by atoms with E-state index in [0.717, 1.165) is 5.75 Å². The van der Waals surface area contributed by atoms with E-state index in [4.69, 9.17) is 10.00 Å². The van der Waals surface area contributed by atoms with Crippen molar-refractivity contribution in [2.45, 2.75) is 6.61 Å². The second-order valence-corrected chi connectivity index (χ2v) is 5.09. The van der Waals surface area contributed by atoms with Crippen LogP contribution in [0.5, 0.6) is 5.75 Å². The van der Waals surface area contributed by atoms with Crippen LogP contribution in [0.25, 0.3) is 10.1 Å². The molecule has 0 spiro atoms. The molecule has 2 aromatic carbocycles. The molecule has 92 valence electrons. The summed E-state index contributed by atoms with van der Waals surface area (Å²) < 4.78 is 7.03. The van der Waals surface area contributed by atoms with E-state index in [0.29, 0.717) is 12.2 Å². The maximum Gasteiger partial charge on any atom is 0.119 e. The zero-order chi connectivity index (χ0) is 13.1. The number of rotatable bonds is 3. The Kier molecular flexibility index (Phi) is 3.18. The molecule has 0 aliphatic carbocycles. The summed E-state index contributed by atoms with van der Waals surface area (Å²) in [5.41, 5.74) is 1.85. The number of thiophene rings is 1. The van der Waals surface area contributed by atoms with Gasteiger partial charge in [-0.3, -0.25) is 0 Å². The molecule has 0 saturated carbocycles. The van der Waals surface area contributed by atoms with Crippen LogP contribution in [0, 0.1) is 11.3 Å². The van der Waals surface area contributed by atoms with E-state index < -0.39 is 0 Å². The lowest BCUT2D eigenvalue weighted by molar-refractivity contribution is 0.308. The first kappa shape index (κ1) is 11.8. The highest BCUT2D eigenvalue weighted by atomic mass is 32.1. The normalized spacial score (nSPS) is 10.3. The van der Waals surface area contributed by atoms with Crippen LogP contribution in [0.4, 0.5) is 0 Å². The van der Waals surface area contributed by atoms with Gasteiger partial charge in [0, 0.05) is 10.3 Å². The van der Waals surface area contributed by atoms with E-state index >= 15 is 0 Å². The molecule has 2 nitrogen and oxygen atoms in total. The summed E-state index contributed by atoms with van der Waals surface area (Å²) in [5.74, 6) is 0.786. The minimum Gasteiger partial charge on any atom is -0.489 e. The minimum atomic E-state index is 0.552. The van der Waals surface area contributed by atoms with Gasteiger partial charge in [0.25, 0.3) is 0 Å². The lowest BCUT2D eigenvalue weighted by atomic mass is 10.2. The quantitative estimate of drug-likeness (QED) is 0.705. The highest BCUT2D eigenvalue weighted by Gasteiger charge is 2.04. The minimum absolute atomic E-state index is 0.552. The van der Waals surface area contributed by atoms with E-state index in [1.165, 1.54) is 15.6 Å². The molecule has 0 amide bonds. The fourth-order valence-electron chi connectivity index (χ4n) is 1.93. The van der Waals surface area contributed by atoms with Gasteiger partial charge in [0.2, 0.25) is 0 Å². The first-order valence-corrected chi connectivity index (χ1v) is 6.83. The molecule has 0 bridgehead atoms. The standard InChI is InChI=1S/C16H11NOS/c17-9-12-5-7-14(8-6-12)18-10-13-11-19-16-4-2-1-3-15(13)16/h1-8,11H,10H2. The molecule has 3 rings (SSSR count). The molecule has 0 aliphatic heterocycles. The third-order valence-electron chi connectivity index (χ3n) is 2.94. The number of fused-ring (bicyclic) bond motifs is 1. The van der Waals surface area contributed by atoms with E-state index in [9.17, 15) is 0 Å². The molecule has 0 aliphatic rings. The fraction of sp³-hybridized carbons (Fsp3) is 0.0625. The predicted octanol–water partition coefficient (Wildman–Crippen LogP) is 4.35. The van der Waals surface area contributed by atoms with Gasteiger partial charge < -0.3 is 4.74 Å². The van der Waals surface area contributed by atoms with Crippen LogP contribution in [0.1, 0.15) is 11.1 Å². The summed E-state index contributed by atoms with van der Waals surface area (Å²) in [6, 6.07) is 17.6. The fourth-order valence-corrected chi connectivity index (χ4v) is 2.88. The number of benzene rings is 2. The SMILES string of the molecule is N#Cc1ccc(OCc2csc3ccccc23)cc1. The largest absolute Gasteiger partial charge is 0.489 e. The predicted molar refractivity (Wildman–Crippen MR) is 77.3 cm³/mol. The van der Waals surface area contributed by atoms with Crippen LogP contribution in [0.3, 0.4) is 0 Å². The third-order valence-corrected chi connectivity index (χ3v) is 3.95. The molecular formula is C16H11NOS. The van der Waals surface area contributed by atoms with Crippen molar-refractivity contribution in [2.75, 3.05) is 0 Å². The van der Waals surface area contributed by atoms with Crippen molar-refractivity contribution < 1.29 is 4.74 Å². The number of nitriles is 1. The Morgan fingerprint density at radius 2 is 1.84 bits per heavy atom. The van der Waals surface area contributed by atoms with Crippen molar-refractivity contribution in [3.05, 3.63) is 65.0 Å². The van der Waals surface area contributed by atoms with E-state index in [1.807, 2.05) is 24.3 Å². The van der Waals surface area contributed by atoms with E-state index in [-0.39, 0.29) is 0 Å². The summed E-state index contributed by atoms with van der Waals surface area (Å²) in [4.78, 5) is 0. The number of ether oxygens (including phenoxy) is 1. The smallest absolute Gasteiger partial charge is 0.119 e. The van der Waals surface area contributed by atoms with Crippen LogP contribution in [0.15, 0.2) is 53.9 Å². The Morgan fingerprint density at radius 3 is 2.63 bits per heavy atom. The summed E-state index contributed by atoms with van der Waals surface area (Å²) >= 11 is 1.73. The van der Waals surface area contributed by atoms with Gasteiger partial charge >= 0.3 is 0 Å². The number of hydrogen-bond donors (Lipinski definition) is 0. The molecule has 19 heavy (non-hydrogen) atoms. The molecule has 1 heterocycles. The van der Waals surface area contributed by atoms with Gasteiger partial charge in [-0.1, -0.05) is 18.2 Å². The average Bonchev–Trinajstić information content (AvgIpc) is 2.89. The topological polar surface area (TPSA) is 33.0 Å². The Hall–Kier alpha value is -2.31. The van der Waals surface area contributed by atoms with Gasteiger partial charge in [0.05, 0.1) is 11.6 Å². The first-order chi connectivity index (χ1) is 9.36. The second kappa shape index (κ2) is 5.13. The molecule has 0 unspecified atom stereocenters. The van der Waals surface area contributed by atoms with Crippen molar-refractivity contribution in [3.8, 4) is 11.8 Å². The highest BCUT2D eigenvalue weighted by Crippen LogP contribution is 2.26. The van der Waals surface area contributed by atoms with Gasteiger partial charge in [-0.05, 0) is 41.1 Å². The maximum atomic E-state index is 8.74. The summed E-state index contributed by atoms with van der Waals surface area (Å²) in [5, 5.41) is 12.1. The molecule has 0 fully saturated rings. The van der Waals surface area contributed by atoms with Gasteiger partial charge in [-0.2, -0.15) is 5.26 Å². The van der Waals surface area contributed by atoms with Crippen LogP contribution in [-0.4, -0.2) is 0 Å². The Morgan fingerprint density at radius 1 is 1.05 bits per heavy atom. The van der Waals surface area contributed by atoms with Gasteiger partial charge in [-0.15, -0.1) is 11.3 Å². The Labute approximate surface area is 115 Å². The molecule has 0 atom stereocenters.